The van der Waals surface area contributed by atoms with Gasteiger partial charge in [0.15, 0.2) is 0 Å². The zero-order chi connectivity index (χ0) is 10.8. The van der Waals surface area contributed by atoms with Gasteiger partial charge in [-0.25, -0.2) is 8.78 Å². The first kappa shape index (κ1) is 11.9. The number of rotatable bonds is 4. The average Bonchev–Trinajstić information content (AvgIpc) is 2.45. The van der Waals surface area contributed by atoms with E-state index in [1.807, 2.05) is 4.90 Å². The fourth-order valence-electron chi connectivity index (χ4n) is 2.22. The molecule has 0 saturated carbocycles. The molecule has 1 aliphatic rings. The molecule has 1 saturated heterocycles. The molecular weight excluding hydrogens is 186 g/mol. The molecule has 0 aromatic carbocycles. The van der Waals surface area contributed by atoms with E-state index in [9.17, 15) is 8.78 Å². The Morgan fingerprint density at radius 2 is 2.14 bits per heavy atom. The van der Waals surface area contributed by atoms with Crippen molar-refractivity contribution in [2.75, 3.05) is 19.6 Å². The van der Waals surface area contributed by atoms with Crippen LogP contribution >= 0.6 is 0 Å². The SMILES string of the molecule is CCC1CC(C)CN1CC(F)(F)CN. The molecule has 0 radical (unpaired) electrons. The number of hydrogen-bond donors (Lipinski definition) is 1. The number of likely N-dealkylation sites (tertiary alicyclic amines) is 1. The van der Waals surface area contributed by atoms with Crippen molar-refractivity contribution in [3.8, 4) is 0 Å². The van der Waals surface area contributed by atoms with Crippen LogP contribution in [0.4, 0.5) is 8.78 Å². The molecule has 1 rings (SSSR count). The van der Waals surface area contributed by atoms with Crippen LogP contribution in [0.25, 0.3) is 0 Å². The Balaban J connectivity index is 2.51. The summed E-state index contributed by atoms with van der Waals surface area (Å²) in [5.41, 5.74) is 5.03. The lowest BCUT2D eigenvalue weighted by molar-refractivity contribution is -0.0273. The standard InChI is InChI=1S/C10H20F2N2/c1-3-9-4-8(2)5-14(9)7-10(11,12)6-13/h8-9H,3-7,13H2,1-2H3. The molecule has 0 aliphatic carbocycles. The highest BCUT2D eigenvalue weighted by Crippen LogP contribution is 2.27. The predicted octanol–water partition coefficient (Wildman–Crippen LogP) is 1.70. The highest BCUT2D eigenvalue weighted by molar-refractivity contribution is 4.86. The lowest BCUT2D eigenvalue weighted by atomic mass is 10.1. The summed E-state index contributed by atoms with van der Waals surface area (Å²) in [5.74, 6) is -2.19. The summed E-state index contributed by atoms with van der Waals surface area (Å²) in [5, 5.41) is 0. The van der Waals surface area contributed by atoms with Crippen molar-refractivity contribution in [3.63, 3.8) is 0 Å². The van der Waals surface area contributed by atoms with Crippen molar-refractivity contribution in [2.24, 2.45) is 11.7 Å². The zero-order valence-electron chi connectivity index (χ0n) is 8.97. The third-order valence-electron chi connectivity index (χ3n) is 2.94. The second-order valence-corrected chi connectivity index (χ2v) is 4.39. The van der Waals surface area contributed by atoms with Crippen LogP contribution < -0.4 is 5.73 Å². The first-order chi connectivity index (χ1) is 6.48. The summed E-state index contributed by atoms with van der Waals surface area (Å²) in [6.45, 7) is 4.23. The number of hydrogen-bond acceptors (Lipinski definition) is 2. The average molecular weight is 206 g/mol. The van der Waals surface area contributed by atoms with Gasteiger partial charge in [0.1, 0.15) is 0 Å². The summed E-state index contributed by atoms with van der Waals surface area (Å²) in [4.78, 5) is 1.89. The number of halogens is 2. The zero-order valence-corrected chi connectivity index (χ0v) is 8.97. The van der Waals surface area contributed by atoms with E-state index in [-0.39, 0.29) is 6.54 Å². The molecule has 84 valence electrons. The van der Waals surface area contributed by atoms with E-state index in [0.717, 1.165) is 19.4 Å². The quantitative estimate of drug-likeness (QED) is 0.758. The smallest absolute Gasteiger partial charge is 0.272 e. The van der Waals surface area contributed by atoms with Crippen LogP contribution in [0, 0.1) is 5.92 Å². The molecule has 0 aromatic rings. The molecule has 1 fully saturated rings. The maximum absolute atomic E-state index is 13.1. The first-order valence-electron chi connectivity index (χ1n) is 5.30. The van der Waals surface area contributed by atoms with Crippen molar-refractivity contribution in [1.82, 2.24) is 4.90 Å². The topological polar surface area (TPSA) is 29.3 Å². The number of nitrogens with two attached hydrogens (primary N) is 1. The summed E-state index contributed by atoms with van der Waals surface area (Å²) >= 11 is 0. The Hall–Kier alpha value is -0.220. The van der Waals surface area contributed by atoms with E-state index in [0.29, 0.717) is 12.0 Å². The maximum atomic E-state index is 13.1. The van der Waals surface area contributed by atoms with Gasteiger partial charge in [-0.15, -0.1) is 0 Å². The van der Waals surface area contributed by atoms with Gasteiger partial charge in [-0.05, 0) is 18.8 Å². The van der Waals surface area contributed by atoms with E-state index in [1.54, 1.807) is 0 Å². The summed E-state index contributed by atoms with van der Waals surface area (Å²) < 4.78 is 26.1. The number of nitrogens with zero attached hydrogens (tertiary/aromatic N) is 1. The molecule has 4 heteroatoms. The van der Waals surface area contributed by atoms with Crippen molar-refractivity contribution in [3.05, 3.63) is 0 Å². The van der Waals surface area contributed by atoms with Gasteiger partial charge >= 0.3 is 0 Å². The Morgan fingerprint density at radius 1 is 1.50 bits per heavy atom. The second-order valence-electron chi connectivity index (χ2n) is 4.39. The molecule has 0 aromatic heterocycles. The van der Waals surface area contributed by atoms with Crippen molar-refractivity contribution < 1.29 is 8.78 Å². The molecule has 2 unspecified atom stereocenters. The predicted molar refractivity (Wildman–Crippen MR) is 53.4 cm³/mol. The molecule has 0 amide bonds. The molecule has 1 aliphatic heterocycles. The summed E-state index contributed by atoms with van der Waals surface area (Å²) in [6, 6.07) is 0.322. The van der Waals surface area contributed by atoms with Crippen LogP contribution in [0.1, 0.15) is 26.7 Å². The van der Waals surface area contributed by atoms with Gasteiger partial charge in [0, 0.05) is 12.6 Å². The molecule has 2 nitrogen and oxygen atoms in total. The Kier molecular flexibility index (Phi) is 3.84. The highest BCUT2D eigenvalue weighted by atomic mass is 19.3. The molecule has 0 spiro atoms. The van der Waals surface area contributed by atoms with Gasteiger partial charge in [0.25, 0.3) is 5.92 Å². The Labute approximate surface area is 84.4 Å². The second kappa shape index (κ2) is 4.53. The van der Waals surface area contributed by atoms with Crippen LogP contribution in [0.5, 0.6) is 0 Å². The number of alkyl halides is 2. The van der Waals surface area contributed by atoms with Gasteiger partial charge in [-0.2, -0.15) is 0 Å². The summed E-state index contributed by atoms with van der Waals surface area (Å²) in [6.07, 6.45) is 1.99. The summed E-state index contributed by atoms with van der Waals surface area (Å²) in [7, 11) is 0. The third-order valence-corrected chi connectivity index (χ3v) is 2.94. The molecular formula is C10H20F2N2. The Bertz CT molecular complexity index is 185. The van der Waals surface area contributed by atoms with E-state index in [1.165, 1.54) is 0 Å². The van der Waals surface area contributed by atoms with Crippen molar-refractivity contribution >= 4 is 0 Å². The van der Waals surface area contributed by atoms with Gasteiger partial charge < -0.3 is 5.73 Å². The van der Waals surface area contributed by atoms with Gasteiger partial charge in [-0.3, -0.25) is 4.90 Å². The van der Waals surface area contributed by atoms with Crippen LogP contribution in [0.15, 0.2) is 0 Å². The van der Waals surface area contributed by atoms with Crippen LogP contribution in [-0.4, -0.2) is 36.5 Å². The Morgan fingerprint density at radius 3 is 2.64 bits per heavy atom. The van der Waals surface area contributed by atoms with E-state index in [4.69, 9.17) is 5.73 Å². The molecule has 2 atom stereocenters. The van der Waals surface area contributed by atoms with Crippen LogP contribution in [0.3, 0.4) is 0 Å². The lowest BCUT2D eigenvalue weighted by Gasteiger charge is -2.27. The first-order valence-corrected chi connectivity index (χ1v) is 5.30. The minimum atomic E-state index is -2.72. The van der Waals surface area contributed by atoms with Gasteiger partial charge in [0.2, 0.25) is 0 Å². The van der Waals surface area contributed by atoms with Gasteiger partial charge in [-0.1, -0.05) is 13.8 Å². The highest BCUT2D eigenvalue weighted by Gasteiger charge is 2.36. The minimum Gasteiger partial charge on any atom is -0.325 e. The molecule has 14 heavy (non-hydrogen) atoms. The lowest BCUT2D eigenvalue weighted by Crippen LogP contribution is -2.43. The minimum absolute atomic E-state index is 0.174. The molecule has 1 heterocycles. The maximum Gasteiger partial charge on any atom is 0.272 e. The fourth-order valence-corrected chi connectivity index (χ4v) is 2.22. The van der Waals surface area contributed by atoms with Crippen LogP contribution in [0.2, 0.25) is 0 Å². The van der Waals surface area contributed by atoms with E-state index in [2.05, 4.69) is 13.8 Å². The molecule has 0 bridgehead atoms. The van der Waals surface area contributed by atoms with Gasteiger partial charge in [0.05, 0.1) is 13.1 Å². The fraction of sp³-hybridized carbons (Fsp3) is 1.00. The van der Waals surface area contributed by atoms with E-state index < -0.39 is 12.5 Å². The largest absolute Gasteiger partial charge is 0.325 e. The third kappa shape index (κ3) is 2.89. The van der Waals surface area contributed by atoms with Crippen molar-refractivity contribution in [2.45, 2.75) is 38.7 Å². The monoisotopic (exact) mass is 206 g/mol. The van der Waals surface area contributed by atoms with E-state index >= 15 is 0 Å². The van der Waals surface area contributed by atoms with Crippen LogP contribution in [-0.2, 0) is 0 Å². The molecule has 2 N–H and O–H groups in total. The van der Waals surface area contributed by atoms with Crippen molar-refractivity contribution in [1.29, 1.82) is 0 Å². The normalized spacial score (nSPS) is 29.8.